The Kier molecular flexibility index (Phi) is 2.18. The van der Waals surface area contributed by atoms with Gasteiger partial charge < -0.3 is 25.2 Å². The molecule has 1 aliphatic rings. The van der Waals surface area contributed by atoms with E-state index in [0.717, 1.165) is 0 Å². The average Bonchev–Trinajstić information content (AvgIpc) is 2.13. The van der Waals surface area contributed by atoms with Crippen molar-refractivity contribution >= 4 is 0 Å². The van der Waals surface area contributed by atoms with Gasteiger partial charge in [-0.15, -0.1) is 0 Å². The summed E-state index contributed by atoms with van der Waals surface area (Å²) in [5.41, 5.74) is -1.29. The molecule has 4 atom stereocenters. The smallest absolute Gasteiger partial charge is 0.192 e. The largest absolute Gasteiger partial charge is 0.393 e. The van der Waals surface area contributed by atoms with Crippen LogP contribution in [0.2, 0.25) is 0 Å². The van der Waals surface area contributed by atoms with Crippen molar-refractivity contribution in [1.82, 2.24) is 0 Å². The van der Waals surface area contributed by atoms with Crippen LogP contribution in [0, 0.1) is 0 Å². The maximum atomic E-state index is 9.36. The van der Waals surface area contributed by atoms with Gasteiger partial charge in [0.25, 0.3) is 0 Å². The Balaban J connectivity index is 2.88. The minimum Gasteiger partial charge on any atom is -0.393 e. The minimum atomic E-state index is -1.79. The molecular formula is C7H14O5. The van der Waals surface area contributed by atoms with Crippen molar-refractivity contribution < 1.29 is 25.2 Å². The van der Waals surface area contributed by atoms with Crippen LogP contribution in [0.3, 0.4) is 0 Å². The third-order valence-corrected chi connectivity index (χ3v) is 2.23. The van der Waals surface area contributed by atoms with E-state index in [1.165, 1.54) is 13.8 Å². The highest BCUT2D eigenvalue weighted by atomic mass is 16.7. The highest BCUT2D eigenvalue weighted by molar-refractivity contribution is 5.00. The lowest BCUT2D eigenvalue weighted by atomic mass is 9.97. The first-order chi connectivity index (χ1) is 5.33. The molecule has 0 aromatic heterocycles. The zero-order chi connectivity index (χ0) is 9.57. The Labute approximate surface area is 70.2 Å². The van der Waals surface area contributed by atoms with E-state index in [9.17, 15) is 15.3 Å². The first kappa shape index (κ1) is 9.88. The van der Waals surface area contributed by atoms with Gasteiger partial charge in [0.2, 0.25) is 0 Å². The van der Waals surface area contributed by atoms with Gasteiger partial charge in [0.15, 0.2) is 5.79 Å². The van der Waals surface area contributed by atoms with Crippen LogP contribution < -0.4 is 0 Å². The van der Waals surface area contributed by atoms with Crippen LogP contribution in [0.25, 0.3) is 0 Å². The molecule has 1 aliphatic heterocycles. The van der Waals surface area contributed by atoms with Crippen LogP contribution >= 0.6 is 0 Å². The molecule has 0 bridgehead atoms. The highest BCUT2D eigenvalue weighted by Gasteiger charge is 2.56. The van der Waals surface area contributed by atoms with Gasteiger partial charge in [-0.25, -0.2) is 0 Å². The van der Waals surface area contributed by atoms with Crippen LogP contribution in [0.1, 0.15) is 13.8 Å². The zero-order valence-corrected chi connectivity index (χ0v) is 7.06. The number of ether oxygens (including phenoxy) is 1. The van der Waals surface area contributed by atoms with Crippen LogP contribution in [0.15, 0.2) is 0 Å². The van der Waals surface area contributed by atoms with Gasteiger partial charge >= 0.3 is 0 Å². The molecule has 1 rings (SSSR count). The van der Waals surface area contributed by atoms with Crippen LogP contribution in [-0.4, -0.2) is 50.6 Å². The lowest BCUT2D eigenvalue weighted by molar-refractivity contribution is -0.239. The number of rotatable bonds is 1. The predicted octanol–water partition coefficient (Wildman–Crippen LogP) is -1.80. The van der Waals surface area contributed by atoms with Gasteiger partial charge in [0.1, 0.15) is 17.8 Å². The van der Waals surface area contributed by atoms with Crippen molar-refractivity contribution in [2.24, 2.45) is 0 Å². The first-order valence-electron chi connectivity index (χ1n) is 3.73. The summed E-state index contributed by atoms with van der Waals surface area (Å²) in [5, 5.41) is 36.8. The molecule has 0 aliphatic carbocycles. The van der Waals surface area contributed by atoms with Gasteiger partial charge in [-0.3, -0.25) is 0 Å². The summed E-state index contributed by atoms with van der Waals surface area (Å²) >= 11 is 0. The summed E-state index contributed by atoms with van der Waals surface area (Å²) in [7, 11) is 0. The van der Waals surface area contributed by atoms with Crippen molar-refractivity contribution in [3.05, 3.63) is 0 Å². The number of aliphatic hydroxyl groups is 4. The van der Waals surface area contributed by atoms with E-state index in [0.29, 0.717) is 0 Å². The third kappa shape index (κ3) is 1.23. The van der Waals surface area contributed by atoms with Gasteiger partial charge in [-0.1, -0.05) is 0 Å². The van der Waals surface area contributed by atoms with Crippen LogP contribution in [0.5, 0.6) is 0 Å². The van der Waals surface area contributed by atoms with Crippen LogP contribution in [-0.2, 0) is 4.74 Å². The predicted molar refractivity (Wildman–Crippen MR) is 39.2 cm³/mol. The molecule has 72 valence electrons. The molecule has 0 aromatic carbocycles. The maximum Gasteiger partial charge on any atom is 0.192 e. The lowest BCUT2D eigenvalue weighted by Gasteiger charge is -2.25. The van der Waals surface area contributed by atoms with Gasteiger partial charge in [0.05, 0.1) is 6.61 Å². The second-order valence-electron chi connectivity index (χ2n) is 3.52. The van der Waals surface area contributed by atoms with Crippen molar-refractivity contribution in [3.8, 4) is 0 Å². The van der Waals surface area contributed by atoms with E-state index >= 15 is 0 Å². The molecule has 12 heavy (non-hydrogen) atoms. The fourth-order valence-electron chi connectivity index (χ4n) is 1.35. The number of hydrogen-bond donors (Lipinski definition) is 4. The molecule has 0 aromatic rings. The molecule has 1 saturated heterocycles. The Morgan fingerprint density at radius 1 is 1.25 bits per heavy atom. The molecule has 5 nitrogen and oxygen atoms in total. The Morgan fingerprint density at radius 3 is 1.92 bits per heavy atom. The standard InChI is InChI=1S/C7H14O5/c1-6(3-8)4(9)5(10)7(2,11)12-6/h4-5,8-11H,3H2,1-2H3/t4-,5+,6+,7+/m0/s1. The molecule has 4 N–H and O–H groups in total. The van der Waals surface area contributed by atoms with E-state index in [4.69, 9.17) is 9.84 Å². The van der Waals surface area contributed by atoms with E-state index in [2.05, 4.69) is 0 Å². The van der Waals surface area contributed by atoms with Crippen molar-refractivity contribution in [1.29, 1.82) is 0 Å². The fraction of sp³-hybridized carbons (Fsp3) is 1.00. The van der Waals surface area contributed by atoms with Gasteiger partial charge in [-0.2, -0.15) is 0 Å². The molecule has 0 radical (unpaired) electrons. The molecule has 0 spiro atoms. The third-order valence-electron chi connectivity index (χ3n) is 2.23. The molecule has 1 fully saturated rings. The van der Waals surface area contributed by atoms with E-state index in [-0.39, 0.29) is 0 Å². The van der Waals surface area contributed by atoms with Crippen LogP contribution in [0.4, 0.5) is 0 Å². The maximum absolute atomic E-state index is 9.36. The summed E-state index contributed by atoms with van der Waals surface area (Å²) in [4.78, 5) is 0. The second-order valence-corrected chi connectivity index (χ2v) is 3.52. The topological polar surface area (TPSA) is 90.2 Å². The molecule has 5 heteroatoms. The highest BCUT2D eigenvalue weighted by Crippen LogP contribution is 2.35. The fourth-order valence-corrected chi connectivity index (χ4v) is 1.35. The van der Waals surface area contributed by atoms with Gasteiger partial charge in [0, 0.05) is 0 Å². The zero-order valence-electron chi connectivity index (χ0n) is 7.06. The summed E-state index contributed by atoms with van der Waals surface area (Å²) in [5.74, 6) is -1.79. The Bertz CT molecular complexity index is 181. The second kappa shape index (κ2) is 2.65. The average molecular weight is 178 g/mol. The SMILES string of the molecule is C[C@]1(CO)O[C@@](C)(O)[C@H](O)[C@@H]1O. The van der Waals surface area contributed by atoms with E-state index < -0.39 is 30.2 Å². The molecule has 1 heterocycles. The molecule has 0 saturated carbocycles. The number of aliphatic hydroxyl groups excluding tert-OH is 3. The first-order valence-corrected chi connectivity index (χ1v) is 3.73. The molecule has 0 amide bonds. The Morgan fingerprint density at radius 2 is 1.75 bits per heavy atom. The molecular weight excluding hydrogens is 164 g/mol. The summed E-state index contributed by atoms with van der Waals surface area (Å²) in [6.45, 7) is 2.20. The minimum absolute atomic E-state index is 0.457. The van der Waals surface area contributed by atoms with Crippen molar-refractivity contribution in [2.45, 2.75) is 37.4 Å². The summed E-state index contributed by atoms with van der Waals surface area (Å²) < 4.78 is 4.92. The van der Waals surface area contributed by atoms with E-state index in [1.54, 1.807) is 0 Å². The van der Waals surface area contributed by atoms with E-state index in [1.807, 2.05) is 0 Å². The summed E-state index contributed by atoms with van der Waals surface area (Å²) in [6.07, 6.45) is -2.67. The Hall–Kier alpha value is -0.200. The number of hydrogen-bond acceptors (Lipinski definition) is 5. The molecule has 0 unspecified atom stereocenters. The van der Waals surface area contributed by atoms with Crippen molar-refractivity contribution in [3.63, 3.8) is 0 Å². The van der Waals surface area contributed by atoms with Crippen molar-refractivity contribution in [2.75, 3.05) is 6.61 Å². The van der Waals surface area contributed by atoms with Gasteiger partial charge in [-0.05, 0) is 13.8 Å². The summed E-state index contributed by atoms with van der Waals surface area (Å²) in [6, 6.07) is 0. The normalized spacial score (nSPS) is 54.5. The lowest BCUT2D eigenvalue weighted by Crippen LogP contribution is -2.43. The quantitative estimate of drug-likeness (QED) is 0.380. The monoisotopic (exact) mass is 178 g/mol.